The normalized spacial score (nSPS) is 27.2. The Morgan fingerprint density at radius 3 is 2.58 bits per heavy atom. The summed E-state index contributed by atoms with van der Waals surface area (Å²) in [5.74, 6) is -1.76. The predicted octanol–water partition coefficient (Wildman–Crippen LogP) is 0.445. The summed E-state index contributed by atoms with van der Waals surface area (Å²) < 4.78 is 41.7. The minimum absolute atomic E-state index is 0.0917. The molecule has 0 aliphatic carbocycles. The molecule has 3 heterocycles. The summed E-state index contributed by atoms with van der Waals surface area (Å²) in [6.45, 7) is 2.94. The number of aromatic nitrogens is 2. The van der Waals surface area contributed by atoms with Gasteiger partial charge in [-0.1, -0.05) is 30.3 Å². The van der Waals surface area contributed by atoms with E-state index in [1.165, 1.54) is 13.3 Å². The van der Waals surface area contributed by atoms with E-state index in [9.17, 15) is 23.8 Å². The van der Waals surface area contributed by atoms with Crippen LogP contribution in [0.5, 0.6) is 0 Å². The Bertz CT molecular complexity index is 1250. The third-order valence-electron chi connectivity index (χ3n) is 5.75. The van der Waals surface area contributed by atoms with Crippen LogP contribution in [0, 0.1) is 0 Å². The van der Waals surface area contributed by atoms with Crippen molar-refractivity contribution < 1.29 is 37.7 Å². The highest BCUT2D eigenvalue weighted by Gasteiger charge is 2.56. The van der Waals surface area contributed by atoms with Gasteiger partial charge in [-0.2, -0.15) is 0 Å². The Morgan fingerprint density at radius 1 is 1.22 bits per heavy atom. The van der Waals surface area contributed by atoms with Crippen LogP contribution >= 0.6 is 7.75 Å². The van der Waals surface area contributed by atoms with Crippen molar-refractivity contribution in [3.05, 3.63) is 69.0 Å². The van der Waals surface area contributed by atoms with Crippen LogP contribution in [0.4, 0.5) is 0 Å². The van der Waals surface area contributed by atoms with Crippen molar-refractivity contribution in [2.75, 3.05) is 13.7 Å². The molecular formula is C22H28N3O10P. The minimum Gasteiger partial charge on any atom is -0.468 e. The van der Waals surface area contributed by atoms with Gasteiger partial charge in [0.15, 0.2) is 12.0 Å². The van der Waals surface area contributed by atoms with E-state index in [2.05, 4.69) is 10.1 Å². The molecule has 14 heteroatoms. The maximum Gasteiger partial charge on any atom is 0.403 e. The molecule has 2 unspecified atom stereocenters. The number of benzene rings is 1. The number of H-pyrrole nitrogens is 1. The molecule has 2 aliphatic heterocycles. The number of esters is 1. The molecular weight excluding hydrogens is 497 g/mol. The van der Waals surface area contributed by atoms with E-state index >= 15 is 0 Å². The first-order valence-electron chi connectivity index (χ1n) is 11.2. The Hall–Kier alpha value is -2.64. The number of nitrogens with one attached hydrogen (secondary N) is 2. The number of methoxy groups -OCH3 is 1. The Labute approximate surface area is 205 Å². The van der Waals surface area contributed by atoms with Crippen molar-refractivity contribution in [1.82, 2.24) is 14.6 Å². The second-order valence-corrected chi connectivity index (χ2v) is 10.4. The van der Waals surface area contributed by atoms with Gasteiger partial charge in [-0.05, 0) is 25.8 Å². The monoisotopic (exact) mass is 525 g/mol. The van der Waals surface area contributed by atoms with Crippen LogP contribution in [0.2, 0.25) is 0 Å². The van der Waals surface area contributed by atoms with Gasteiger partial charge in [-0.15, -0.1) is 0 Å². The summed E-state index contributed by atoms with van der Waals surface area (Å²) in [6, 6.07) is 8.92. The lowest BCUT2D eigenvalue weighted by Crippen LogP contribution is -2.39. The number of hydrogen-bond acceptors (Lipinski definition) is 9. The molecule has 0 saturated carbocycles. The van der Waals surface area contributed by atoms with E-state index in [1.807, 2.05) is 6.07 Å². The lowest BCUT2D eigenvalue weighted by atomic mass is 10.1. The number of nitrogens with zero attached hydrogens (tertiary/aromatic N) is 1. The zero-order valence-corrected chi connectivity index (χ0v) is 20.8. The van der Waals surface area contributed by atoms with E-state index in [-0.39, 0.29) is 6.42 Å². The van der Waals surface area contributed by atoms with Crippen LogP contribution in [-0.4, -0.2) is 64.3 Å². The molecule has 2 aliphatic rings. The number of carbonyl (C=O) groups excluding carboxylic acids is 1. The number of aromatic amines is 1. The van der Waals surface area contributed by atoms with Gasteiger partial charge >= 0.3 is 19.4 Å². The molecule has 3 N–H and O–H groups in total. The first-order chi connectivity index (χ1) is 17.0. The van der Waals surface area contributed by atoms with E-state index < -0.39 is 67.9 Å². The first-order valence-corrected chi connectivity index (χ1v) is 12.8. The third-order valence-corrected chi connectivity index (χ3v) is 6.89. The van der Waals surface area contributed by atoms with E-state index in [1.54, 1.807) is 38.1 Å². The smallest absolute Gasteiger partial charge is 0.403 e. The maximum absolute atomic E-state index is 12.8. The number of fused-ring (bicyclic) bond motifs is 1. The van der Waals surface area contributed by atoms with Gasteiger partial charge in [0, 0.05) is 12.3 Å². The largest absolute Gasteiger partial charge is 0.468 e. The molecule has 2 aromatic rings. The number of rotatable bonds is 9. The molecule has 1 aromatic heterocycles. The van der Waals surface area contributed by atoms with Gasteiger partial charge in [0.2, 0.25) is 0 Å². The molecule has 6 atom stereocenters. The highest BCUT2D eigenvalue weighted by atomic mass is 31.2. The van der Waals surface area contributed by atoms with E-state index in [0.29, 0.717) is 0 Å². The molecule has 2 saturated heterocycles. The highest BCUT2D eigenvalue weighted by Crippen LogP contribution is 2.45. The molecule has 0 spiro atoms. The average molecular weight is 525 g/mol. The molecule has 196 valence electrons. The fraction of sp³-hybridized carbons (Fsp3) is 0.500. The van der Waals surface area contributed by atoms with Gasteiger partial charge in [0.05, 0.1) is 13.7 Å². The maximum atomic E-state index is 12.8. The zero-order chi connectivity index (χ0) is 26.1. The molecule has 0 amide bonds. The average Bonchev–Trinajstić information content (AvgIpc) is 3.30. The van der Waals surface area contributed by atoms with Crippen LogP contribution in [0.15, 0.2) is 52.2 Å². The summed E-state index contributed by atoms with van der Waals surface area (Å²) in [6.07, 6.45) is -2.04. The second kappa shape index (κ2) is 10.4. The minimum atomic E-state index is -4.52. The van der Waals surface area contributed by atoms with Gasteiger partial charge in [0.25, 0.3) is 5.56 Å². The first kappa shape index (κ1) is 26.4. The fourth-order valence-electron chi connectivity index (χ4n) is 4.23. The van der Waals surface area contributed by atoms with Gasteiger partial charge in [-0.25, -0.2) is 14.4 Å². The van der Waals surface area contributed by atoms with Crippen molar-refractivity contribution in [2.24, 2.45) is 0 Å². The van der Waals surface area contributed by atoms with Crippen LogP contribution in [0.1, 0.15) is 25.6 Å². The van der Waals surface area contributed by atoms with Crippen molar-refractivity contribution in [1.29, 1.82) is 0 Å². The number of hydrogen-bond donors (Lipinski definition) is 3. The third kappa shape index (κ3) is 6.01. The molecule has 4 rings (SSSR count). The fourth-order valence-corrected chi connectivity index (χ4v) is 5.24. The zero-order valence-electron chi connectivity index (χ0n) is 19.9. The van der Waals surface area contributed by atoms with E-state index in [4.69, 9.17) is 23.5 Å². The van der Waals surface area contributed by atoms with Crippen LogP contribution in [0.25, 0.3) is 0 Å². The Morgan fingerprint density at radius 2 is 1.92 bits per heavy atom. The quantitative estimate of drug-likeness (QED) is 0.307. The lowest BCUT2D eigenvalue weighted by molar-refractivity contribution is -0.200. The van der Waals surface area contributed by atoms with Crippen molar-refractivity contribution in [3.63, 3.8) is 0 Å². The predicted molar refractivity (Wildman–Crippen MR) is 124 cm³/mol. The number of carbonyl (C=O) groups is 1. The van der Waals surface area contributed by atoms with Crippen molar-refractivity contribution in [3.8, 4) is 0 Å². The van der Waals surface area contributed by atoms with Crippen molar-refractivity contribution >= 4 is 13.7 Å². The summed E-state index contributed by atoms with van der Waals surface area (Å²) in [4.78, 5) is 48.6. The Balaban J connectivity index is 1.47. The molecule has 0 bridgehead atoms. The summed E-state index contributed by atoms with van der Waals surface area (Å²) in [5.41, 5.74) is -0.537. The summed E-state index contributed by atoms with van der Waals surface area (Å²) >= 11 is 0. The van der Waals surface area contributed by atoms with Gasteiger partial charge < -0.3 is 23.8 Å². The molecule has 36 heavy (non-hydrogen) atoms. The molecule has 13 nitrogen and oxygen atoms in total. The standard InChI is InChI=1S/C22H28N3O10P/c1-22(2)34-17-15(33-19(18(17)35-22)25-10-9-16(26)23-21(25)28)12-32-36(29,30)24-14(20(27)31-3)11-13-7-5-4-6-8-13/h4-10,14-15,17-19H,11-12H2,1-3H3,(H,23,26,28)(H2,24,29,30)/t14?,15-,17-,18-,19-/m1/s1. The highest BCUT2D eigenvalue weighted by molar-refractivity contribution is 7.50. The Kier molecular flexibility index (Phi) is 7.62. The van der Waals surface area contributed by atoms with Crippen LogP contribution in [0.3, 0.4) is 0 Å². The van der Waals surface area contributed by atoms with Crippen molar-refractivity contribution in [2.45, 2.75) is 56.6 Å². The SMILES string of the molecule is COC(=O)C(Cc1ccccc1)NP(=O)(O)OC[C@H]1O[C@@H](n2ccc(=O)[nH]c2=O)[C@@H]2OC(C)(C)O[C@@H]21. The number of ether oxygens (including phenoxy) is 4. The molecule has 0 radical (unpaired) electrons. The molecule has 1 aromatic carbocycles. The van der Waals surface area contributed by atoms with E-state index in [0.717, 1.165) is 16.2 Å². The summed E-state index contributed by atoms with van der Waals surface area (Å²) in [7, 11) is -3.35. The lowest BCUT2D eigenvalue weighted by Gasteiger charge is -2.25. The summed E-state index contributed by atoms with van der Waals surface area (Å²) in [5, 5.41) is 2.34. The topological polar surface area (TPSA) is 167 Å². The molecule has 2 fully saturated rings. The second-order valence-electron chi connectivity index (χ2n) is 8.86. The van der Waals surface area contributed by atoms with Crippen LogP contribution in [-0.2, 0) is 39.3 Å². The van der Waals surface area contributed by atoms with Gasteiger partial charge in [-0.3, -0.25) is 23.7 Å². The van der Waals surface area contributed by atoms with Gasteiger partial charge in [0.1, 0.15) is 24.4 Å². The van der Waals surface area contributed by atoms with Crippen LogP contribution < -0.4 is 16.3 Å².